The van der Waals surface area contributed by atoms with E-state index in [9.17, 15) is 0 Å². The van der Waals surface area contributed by atoms with Gasteiger partial charge in [0.25, 0.3) is 0 Å². The third-order valence-corrected chi connectivity index (χ3v) is 3.90. The quantitative estimate of drug-likeness (QED) is 0.449. The second kappa shape index (κ2) is 8.97. The van der Waals surface area contributed by atoms with Crippen molar-refractivity contribution in [3.8, 4) is 0 Å². The fourth-order valence-corrected chi connectivity index (χ4v) is 2.47. The average molecular weight is 382 g/mol. The van der Waals surface area contributed by atoms with Crippen molar-refractivity contribution in [2.24, 2.45) is 16.6 Å². The third-order valence-electron chi connectivity index (χ3n) is 3.90. The number of nitrogens with two attached hydrogens (primary N) is 1. The molecule has 2 aliphatic rings. The van der Waals surface area contributed by atoms with Crippen LogP contribution < -0.4 is 5.73 Å². The van der Waals surface area contributed by atoms with E-state index in [4.69, 9.17) is 10.5 Å². The lowest BCUT2D eigenvalue weighted by Crippen LogP contribution is -2.43. The number of ether oxygens (including phenoxy) is 1. The van der Waals surface area contributed by atoms with Crippen molar-refractivity contribution in [2.75, 3.05) is 52.5 Å². The van der Waals surface area contributed by atoms with E-state index in [1.807, 2.05) is 0 Å². The average Bonchev–Trinajstić information content (AvgIpc) is 2.40. The Morgan fingerprint density at radius 1 is 1.21 bits per heavy atom. The molecular formula is C13H27IN4O. The van der Waals surface area contributed by atoms with Gasteiger partial charge in [-0.3, -0.25) is 9.89 Å². The van der Waals surface area contributed by atoms with Crippen LogP contribution in [0, 0.1) is 5.92 Å². The molecule has 0 unspecified atom stereocenters. The van der Waals surface area contributed by atoms with Gasteiger partial charge in [0.1, 0.15) is 0 Å². The summed E-state index contributed by atoms with van der Waals surface area (Å²) in [5.74, 6) is 1.57. The molecule has 2 saturated heterocycles. The maximum absolute atomic E-state index is 6.04. The van der Waals surface area contributed by atoms with E-state index in [1.165, 1.54) is 12.8 Å². The van der Waals surface area contributed by atoms with Crippen molar-refractivity contribution >= 4 is 29.9 Å². The highest BCUT2D eigenvalue weighted by Gasteiger charge is 2.17. The minimum atomic E-state index is 0. The Hall–Kier alpha value is -0.0800. The highest BCUT2D eigenvalue weighted by atomic mass is 127. The summed E-state index contributed by atoms with van der Waals surface area (Å²) in [4.78, 5) is 9.11. The van der Waals surface area contributed by atoms with E-state index in [1.54, 1.807) is 0 Å². The van der Waals surface area contributed by atoms with Gasteiger partial charge in [0.05, 0.1) is 19.8 Å². The molecule has 2 aliphatic heterocycles. The maximum atomic E-state index is 6.04. The van der Waals surface area contributed by atoms with Crippen LogP contribution in [0.1, 0.15) is 19.8 Å². The van der Waals surface area contributed by atoms with Crippen molar-refractivity contribution in [1.29, 1.82) is 0 Å². The summed E-state index contributed by atoms with van der Waals surface area (Å²) in [6.07, 6.45) is 2.47. The van der Waals surface area contributed by atoms with Gasteiger partial charge in [-0.1, -0.05) is 6.92 Å². The Morgan fingerprint density at radius 3 is 2.47 bits per heavy atom. The zero-order valence-corrected chi connectivity index (χ0v) is 14.2. The van der Waals surface area contributed by atoms with Crippen LogP contribution >= 0.6 is 24.0 Å². The number of nitrogens with zero attached hydrogens (tertiary/aromatic N) is 3. The van der Waals surface area contributed by atoms with Crippen LogP contribution in [0.15, 0.2) is 4.99 Å². The number of piperidine rings is 1. The van der Waals surface area contributed by atoms with Crippen molar-refractivity contribution in [3.05, 3.63) is 0 Å². The third kappa shape index (κ3) is 5.83. The Morgan fingerprint density at radius 2 is 1.84 bits per heavy atom. The molecule has 112 valence electrons. The van der Waals surface area contributed by atoms with Crippen molar-refractivity contribution in [1.82, 2.24) is 9.80 Å². The fourth-order valence-electron chi connectivity index (χ4n) is 2.47. The summed E-state index contributed by atoms with van der Waals surface area (Å²) in [5.41, 5.74) is 6.04. The van der Waals surface area contributed by atoms with Gasteiger partial charge in [-0.2, -0.15) is 0 Å². The van der Waals surface area contributed by atoms with E-state index < -0.39 is 0 Å². The molecule has 0 radical (unpaired) electrons. The van der Waals surface area contributed by atoms with Gasteiger partial charge in [-0.05, 0) is 18.8 Å². The summed E-state index contributed by atoms with van der Waals surface area (Å²) >= 11 is 0. The number of guanidine groups is 1. The van der Waals surface area contributed by atoms with Gasteiger partial charge in [0.2, 0.25) is 0 Å². The van der Waals surface area contributed by atoms with Gasteiger partial charge in [0.15, 0.2) is 5.96 Å². The first kappa shape index (κ1) is 17.0. The molecule has 2 N–H and O–H groups in total. The standard InChI is InChI=1S/C13H26N4O.HI/c1-12-2-5-17(6-3-12)13(14)15-4-7-16-8-10-18-11-9-16;/h12H,2-11H2,1H3,(H2,14,15);1H. The van der Waals surface area contributed by atoms with E-state index in [-0.39, 0.29) is 24.0 Å². The number of hydrogen-bond acceptors (Lipinski definition) is 3. The fraction of sp³-hybridized carbons (Fsp3) is 0.923. The molecule has 0 aromatic heterocycles. The minimum absolute atomic E-state index is 0. The van der Waals surface area contributed by atoms with E-state index in [0.29, 0.717) is 0 Å². The summed E-state index contributed by atoms with van der Waals surface area (Å²) in [5, 5.41) is 0. The summed E-state index contributed by atoms with van der Waals surface area (Å²) in [6.45, 7) is 9.98. The summed E-state index contributed by atoms with van der Waals surface area (Å²) in [6, 6.07) is 0. The molecule has 0 aliphatic carbocycles. The molecule has 0 atom stereocenters. The predicted octanol–water partition coefficient (Wildman–Crippen LogP) is 0.983. The Balaban J connectivity index is 0.00000180. The second-order valence-electron chi connectivity index (χ2n) is 5.36. The Bertz CT molecular complexity index is 274. The molecule has 0 saturated carbocycles. The van der Waals surface area contributed by atoms with Crippen LogP contribution in [0.2, 0.25) is 0 Å². The monoisotopic (exact) mass is 382 g/mol. The maximum Gasteiger partial charge on any atom is 0.191 e. The zero-order chi connectivity index (χ0) is 12.8. The van der Waals surface area contributed by atoms with E-state index in [0.717, 1.165) is 64.4 Å². The molecule has 6 heteroatoms. The first-order valence-electron chi connectivity index (χ1n) is 7.10. The van der Waals surface area contributed by atoms with Gasteiger partial charge in [-0.15, -0.1) is 24.0 Å². The first-order chi connectivity index (χ1) is 8.75. The van der Waals surface area contributed by atoms with Crippen molar-refractivity contribution in [3.63, 3.8) is 0 Å². The number of hydrogen-bond donors (Lipinski definition) is 1. The smallest absolute Gasteiger partial charge is 0.191 e. The normalized spacial score (nSPS) is 23.2. The molecular weight excluding hydrogens is 355 g/mol. The van der Waals surface area contributed by atoms with Crippen LogP contribution in [-0.4, -0.2) is 68.2 Å². The Kier molecular flexibility index (Phi) is 8.01. The number of rotatable bonds is 3. The largest absolute Gasteiger partial charge is 0.379 e. The SMILES string of the molecule is CC1CCN(C(N)=NCCN2CCOCC2)CC1.I. The lowest BCUT2D eigenvalue weighted by molar-refractivity contribution is 0.0394. The lowest BCUT2D eigenvalue weighted by Gasteiger charge is -2.31. The Labute approximate surface area is 133 Å². The van der Waals surface area contributed by atoms with Crippen LogP contribution in [0.5, 0.6) is 0 Å². The van der Waals surface area contributed by atoms with Crippen LogP contribution in [0.25, 0.3) is 0 Å². The first-order valence-corrected chi connectivity index (χ1v) is 7.10. The number of halogens is 1. The second-order valence-corrected chi connectivity index (χ2v) is 5.36. The molecule has 5 nitrogen and oxygen atoms in total. The highest BCUT2D eigenvalue weighted by Crippen LogP contribution is 2.15. The van der Waals surface area contributed by atoms with Gasteiger partial charge >= 0.3 is 0 Å². The molecule has 2 heterocycles. The number of morpholine rings is 1. The summed E-state index contributed by atoms with van der Waals surface area (Å²) in [7, 11) is 0. The number of likely N-dealkylation sites (tertiary alicyclic amines) is 1. The van der Waals surface area contributed by atoms with Gasteiger partial charge in [-0.25, -0.2) is 0 Å². The van der Waals surface area contributed by atoms with Crippen LogP contribution in [0.3, 0.4) is 0 Å². The van der Waals surface area contributed by atoms with Gasteiger partial charge in [0, 0.05) is 32.7 Å². The molecule has 19 heavy (non-hydrogen) atoms. The van der Waals surface area contributed by atoms with E-state index >= 15 is 0 Å². The summed E-state index contributed by atoms with van der Waals surface area (Å²) < 4.78 is 5.32. The molecule has 2 rings (SSSR count). The molecule has 0 amide bonds. The zero-order valence-electron chi connectivity index (χ0n) is 11.9. The molecule has 0 aromatic rings. The van der Waals surface area contributed by atoms with Gasteiger partial charge < -0.3 is 15.4 Å². The highest BCUT2D eigenvalue weighted by molar-refractivity contribution is 14.0. The van der Waals surface area contributed by atoms with Crippen molar-refractivity contribution in [2.45, 2.75) is 19.8 Å². The number of aliphatic imine (C=N–C) groups is 1. The van der Waals surface area contributed by atoms with E-state index in [2.05, 4.69) is 21.7 Å². The topological polar surface area (TPSA) is 54.1 Å². The predicted molar refractivity (Wildman–Crippen MR) is 89.1 cm³/mol. The minimum Gasteiger partial charge on any atom is -0.379 e. The molecule has 2 fully saturated rings. The molecule has 0 bridgehead atoms. The molecule has 0 spiro atoms. The van der Waals surface area contributed by atoms with Crippen molar-refractivity contribution < 1.29 is 4.74 Å². The molecule has 0 aromatic carbocycles. The van der Waals surface area contributed by atoms with Crippen LogP contribution in [-0.2, 0) is 4.74 Å². The lowest BCUT2D eigenvalue weighted by atomic mass is 10.00. The van der Waals surface area contributed by atoms with Crippen LogP contribution in [0.4, 0.5) is 0 Å².